The van der Waals surface area contributed by atoms with Gasteiger partial charge in [0, 0.05) is 15.7 Å². The molecule has 0 spiro atoms. The molecule has 1 aromatic heterocycles. The van der Waals surface area contributed by atoms with Crippen molar-refractivity contribution in [1.29, 1.82) is 0 Å². The van der Waals surface area contributed by atoms with E-state index in [1.54, 1.807) is 0 Å². The third-order valence-electron chi connectivity index (χ3n) is 2.76. The molecule has 20 heavy (non-hydrogen) atoms. The number of nitrogen functional groups attached to an aromatic ring is 1. The molecule has 2 rings (SSSR count). The molecule has 0 radical (unpaired) electrons. The number of aromatic nitrogens is 2. The van der Waals surface area contributed by atoms with Crippen LogP contribution >= 0.6 is 27.5 Å². The Kier molecular flexibility index (Phi) is 5.17. The van der Waals surface area contributed by atoms with E-state index in [1.165, 1.54) is 6.33 Å². The summed E-state index contributed by atoms with van der Waals surface area (Å²) in [4.78, 5) is 8.42. The van der Waals surface area contributed by atoms with Crippen LogP contribution in [0, 0.1) is 0 Å². The lowest BCUT2D eigenvalue weighted by Gasteiger charge is -2.13. The van der Waals surface area contributed by atoms with Gasteiger partial charge in [-0.05, 0) is 40.5 Å². The van der Waals surface area contributed by atoms with Crippen molar-refractivity contribution in [2.75, 3.05) is 10.7 Å². The minimum atomic E-state index is 0.636. The number of halogens is 2. The monoisotopic (exact) mass is 355 g/mol. The fourth-order valence-electron chi connectivity index (χ4n) is 1.84. The van der Waals surface area contributed by atoms with Gasteiger partial charge in [-0.15, -0.1) is 0 Å². The van der Waals surface area contributed by atoms with E-state index in [-0.39, 0.29) is 0 Å². The SMILES string of the molecule is CCCc1c(NN)ncnc1Nc1ccc(Cl)c(Br)c1. The molecule has 0 aliphatic heterocycles. The Bertz CT molecular complexity index is 605. The molecule has 0 aliphatic rings. The number of nitrogens with one attached hydrogen (secondary N) is 2. The zero-order valence-electron chi connectivity index (χ0n) is 11.0. The number of benzene rings is 1. The molecule has 2 aromatic rings. The fraction of sp³-hybridized carbons (Fsp3) is 0.231. The molecule has 0 saturated heterocycles. The quantitative estimate of drug-likeness (QED) is 0.560. The van der Waals surface area contributed by atoms with Crippen LogP contribution in [0.5, 0.6) is 0 Å². The molecular formula is C13H15BrClN5. The van der Waals surface area contributed by atoms with Gasteiger partial charge in [-0.3, -0.25) is 0 Å². The first kappa shape index (κ1) is 15.0. The smallest absolute Gasteiger partial charge is 0.148 e. The minimum Gasteiger partial charge on any atom is -0.340 e. The standard InChI is InChI=1S/C13H15BrClN5/c1-2-3-9-12(17-7-18-13(9)20-16)19-8-4-5-11(15)10(14)6-8/h4-7H,2-3,16H2,1H3,(H2,17,18,19,20). The van der Waals surface area contributed by atoms with Gasteiger partial charge in [0.2, 0.25) is 0 Å². The molecule has 1 aromatic carbocycles. The van der Waals surface area contributed by atoms with Crippen LogP contribution in [0.25, 0.3) is 0 Å². The van der Waals surface area contributed by atoms with Crippen LogP contribution in [-0.4, -0.2) is 9.97 Å². The number of nitrogens with two attached hydrogens (primary N) is 1. The van der Waals surface area contributed by atoms with E-state index in [0.717, 1.165) is 34.4 Å². The molecule has 106 valence electrons. The molecule has 0 unspecified atom stereocenters. The molecule has 0 bridgehead atoms. The first-order valence-corrected chi connectivity index (χ1v) is 7.35. The van der Waals surface area contributed by atoms with Crippen LogP contribution in [-0.2, 0) is 6.42 Å². The Morgan fingerprint density at radius 1 is 1.30 bits per heavy atom. The number of rotatable bonds is 5. The number of anilines is 3. The molecular weight excluding hydrogens is 342 g/mol. The van der Waals surface area contributed by atoms with E-state index < -0.39 is 0 Å². The summed E-state index contributed by atoms with van der Waals surface area (Å²) >= 11 is 9.39. The Morgan fingerprint density at radius 3 is 2.70 bits per heavy atom. The fourth-order valence-corrected chi connectivity index (χ4v) is 2.34. The van der Waals surface area contributed by atoms with Gasteiger partial charge in [-0.25, -0.2) is 15.8 Å². The average molecular weight is 357 g/mol. The molecule has 1 heterocycles. The second-order valence-electron chi connectivity index (χ2n) is 4.20. The van der Waals surface area contributed by atoms with Gasteiger partial charge in [0.15, 0.2) is 0 Å². The summed E-state index contributed by atoms with van der Waals surface area (Å²) in [7, 11) is 0. The first-order chi connectivity index (χ1) is 9.65. The lowest BCUT2D eigenvalue weighted by Crippen LogP contribution is -2.13. The minimum absolute atomic E-state index is 0.636. The highest BCUT2D eigenvalue weighted by atomic mass is 79.9. The van der Waals surface area contributed by atoms with Crippen molar-refractivity contribution in [3.05, 3.63) is 39.6 Å². The first-order valence-electron chi connectivity index (χ1n) is 6.18. The van der Waals surface area contributed by atoms with E-state index in [9.17, 15) is 0 Å². The molecule has 4 N–H and O–H groups in total. The van der Waals surface area contributed by atoms with Gasteiger partial charge in [0.1, 0.15) is 18.0 Å². The molecule has 0 fully saturated rings. The maximum atomic E-state index is 5.99. The number of hydrazine groups is 1. The van der Waals surface area contributed by atoms with Crippen molar-refractivity contribution < 1.29 is 0 Å². The Hall–Kier alpha value is -1.37. The third kappa shape index (κ3) is 3.39. The molecule has 0 aliphatic carbocycles. The zero-order valence-corrected chi connectivity index (χ0v) is 13.3. The van der Waals surface area contributed by atoms with Gasteiger partial charge in [0.05, 0.1) is 5.02 Å². The van der Waals surface area contributed by atoms with Gasteiger partial charge in [-0.1, -0.05) is 24.9 Å². The zero-order chi connectivity index (χ0) is 14.5. The van der Waals surface area contributed by atoms with E-state index in [2.05, 4.69) is 43.6 Å². The van der Waals surface area contributed by atoms with Crippen LogP contribution in [0.2, 0.25) is 5.02 Å². The lowest BCUT2D eigenvalue weighted by molar-refractivity contribution is 0.903. The molecule has 7 heteroatoms. The third-order valence-corrected chi connectivity index (χ3v) is 3.98. The van der Waals surface area contributed by atoms with Gasteiger partial charge in [0.25, 0.3) is 0 Å². The largest absolute Gasteiger partial charge is 0.340 e. The maximum Gasteiger partial charge on any atom is 0.148 e. The van der Waals surface area contributed by atoms with E-state index in [4.69, 9.17) is 17.4 Å². The summed E-state index contributed by atoms with van der Waals surface area (Å²) < 4.78 is 0.826. The summed E-state index contributed by atoms with van der Waals surface area (Å²) in [5.74, 6) is 6.87. The second-order valence-corrected chi connectivity index (χ2v) is 5.46. The number of hydrogen-bond donors (Lipinski definition) is 3. The maximum absolute atomic E-state index is 5.99. The highest BCUT2D eigenvalue weighted by Crippen LogP contribution is 2.29. The highest BCUT2D eigenvalue weighted by molar-refractivity contribution is 9.10. The van der Waals surface area contributed by atoms with Crippen LogP contribution in [0.4, 0.5) is 17.3 Å². The second kappa shape index (κ2) is 6.88. The van der Waals surface area contributed by atoms with E-state index in [1.807, 2.05) is 18.2 Å². The topological polar surface area (TPSA) is 75.9 Å². The van der Waals surface area contributed by atoms with Crippen molar-refractivity contribution in [2.24, 2.45) is 5.84 Å². The highest BCUT2D eigenvalue weighted by Gasteiger charge is 2.10. The van der Waals surface area contributed by atoms with E-state index >= 15 is 0 Å². The Labute approximate surface area is 131 Å². The van der Waals surface area contributed by atoms with Gasteiger partial charge in [-0.2, -0.15) is 0 Å². The van der Waals surface area contributed by atoms with Crippen LogP contribution < -0.4 is 16.6 Å². The summed E-state index contributed by atoms with van der Waals surface area (Å²) in [5, 5.41) is 3.93. The molecule has 0 saturated carbocycles. The van der Waals surface area contributed by atoms with E-state index in [0.29, 0.717) is 10.8 Å². The summed E-state index contributed by atoms with van der Waals surface area (Å²) in [5.41, 5.74) is 4.46. The normalized spacial score (nSPS) is 10.4. The van der Waals surface area contributed by atoms with Crippen molar-refractivity contribution >= 4 is 44.9 Å². The Morgan fingerprint density at radius 2 is 2.05 bits per heavy atom. The van der Waals surface area contributed by atoms with Crippen LogP contribution in [0.15, 0.2) is 29.0 Å². The predicted molar refractivity (Wildman–Crippen MR) is 86.3 cm³/mol. The molecule has 0 atom stereocenters. The van der Waals surface area contributed by atoms with Crippen LogP contribution in [0.1, 0.15) is 18.9 Å². The summed E-state index contributed by atoms with van der Waals surface area (Å²) in [6, 6.07) is 5.60. The van der Waals surface area contributed by atoms with Crippen molar-refractivity contribution in [3.63, 3.8) is 0 Å². The van der Waals surface area contributed by atoms with Crippen molar-refractivity contribution in [3.8, 4) is 0 Å². The number of nitrogens with zero attached hydrogens (tertiary/aromatic N) is 2. The van der Waals surface area contributed by atoms with Gasteiger partial charge >= 0.3 is 0 Å². The Balaban J connectivity index is 2.34. The number of hydrogen-bond acceptors (Lipinski definition) is 5. The van der Waals surface area contributed by atoms with Gasteiger partial charge < -0.3 is 10.7 Å². The lowest BCUT2D eigenvalue weighted by atomic mass is 10.1. The summed E-state index contributed by atoms with van der Waals surface area (Å²) in [6.45, 7) is 2.09. The molecule has 5 nitrogen and oxygen atoms in total. The van der Waals surface area contributed by atoms with Crippen molar-refractivity contribution in [1.82, 2.24) is 9.97 Å². The molecule has 0 amide bonds. The van der Waals surface area contributed by atoms with Crippen molar-refractivity contribution in [2.45, 2.75) is 19.8 Å². The van der Waals surface area contributed by atoms with Crippen LogP contribution in [0.3, 0.4) is 0 Å². The summed E-state index contributed by atoms with van der Waals surface area (Å²) in [6.07, 6.45) is 3.28. The predicted octanol–water partition coefficient (Wildman–Crippen LogP) is 3.87. The average Bonchev–Trinajstić information content (AvgIpc) is 2.45.